The lowest BCUT2D eigenvalue weighted by atomic mass is 9.99. The molecule has 5 rings (SSSR count). The third-order valence-electron chi connectivity index (χ3n) is 6.22. The third kappa shape index (κ3) is 4.18. The van der Waals surface area contributed by atoms with Crippen molar-refractivity contribution in [2.45, 2.75) is 12.5 Å². The van der Waals surface area contributed by atoms with Crippen LogP contribution in [0.5, 0.6) is 11.6 Å². The summed E-state index contributed by atoms with van der Waals surface area (Å²) in [7, 11) is 5.28. The molecule has 0 radical (unpaired) electrons. The van der Waals surface area contributed by atoms with Crippen LogP contribution < -0.4 is 19.7 Å². The van der Waals surface area contributed by atoms with E-state index in [4.69, 9.17) is 37.7 Å². The van der Waals surface area contributed by atoms with Gasteiger partial charge in [-0.15, -0.1) is 0 Å². The highest BCUT2D eigenvalue weighted by Crippen LogP contribution is 2.42. The van der Waals surface area contributed by atoms with Gasteiger partial charge in [-0.3, -0.25) is 9.78 Å². The highest BCUT2D eigenvalue weighted by atomic mass is 35.5. The number of aromatic nitrogens is 2. The molecule has 0 aliphatic carbocycles. The first-order chi connectivity index (χ1) is 17.4. The van der Waals surface area contributed by atoms with Gasteiger partial charge in [0.2, 0.25) is 5.88 Å². The molecule has 2 aromatic heterocycles. The Morgan fingerprint density at radius 3 is 2.67 bits per heavy atom. The van der Waals surface area contributed by atoms with Crippen LogP contribution in [0.25, 0.3) is 22.0 Å². The summed E-state index contributed by atoms with van der Waals surface area (Å²) in [6.07, 6.45) is 3.91. The largest absolute Gasteiger partial charge is 0.493 e. The van der Waals surface area contributed by atoms with E-state index < -0.39 is 0 Å². The molecule has 1 amide bonds. The van der Waals surface area contributed by atoms with E-state index in [9.17, 15) is 4.79 Å². The average Bonchev–Trinajstić information content (AvgIpc) is 2.89. The number of benzene rings is 2. The Morgan fingerprint density at radius 2 is 1.89 bits per heavy atom. The number of halogens is 2. The zero-order valence-corrected chi connectivity index (χ0v) is 21.5. The van der Waals surface area contributed by atoms with Gasteiger partial charge >= 0.3 is 0 Å². The molecule has 1 aliphatic rings. The van der Waals surface area contributed by atoms with Gasteiger partial charge in [-0.25, -0.2) is 4.98 Å². The fourth-order valence-corrected chi connectivity index (χ4v) is 4.98. The molecule has 184 valence electrons. The van der Waals surface area contributed by atoms with E-state index in [1.165, 1.54) is 0 Å². The molecule has 1 aliphatic heterocycles. The second kappa shape index (κ2) is 9.84. The molecule has 9 heteroatoms. The molecule has 0 saturated heterocycles. The van der Waals surface area contributed by atoms with Crippen LogP contribution in [-0.2, 0) is 0 Å². The highest BCUT2D eigenvalue weighted by molar-refractivity contribution is 6.44. The Morgan fingerprint density at radius 1 is 1.08 bits per heavy atom. The molecule has 2 aromatic carbocycles. The molecular weight excluding hydrogens is 499 g/mol. The van der Waals surface area contributed by atoms with E-state index in [2.05, 4.69) is 10.3 Å². The van der Waals surface area contributed by atoms with Gasteiger partial charge in [0.25, 0.3) is 5.91 Å². The number of hydrogen-bond acceptors (Lipinski definition) is 6. The second-order valence-electron chi connectivity index (χ2n) is 8.62. The lowest BCUT2D eigenvalue weighted by molar-refractivity contribution is 0.0925. The Labute approximate surface area is 219 Å². The van der Waals surface area contributed by atoms with E-state index in [0.717, 1.165) is 11.3 Å². The molecule has 1 atom stereocenters. The van der Waals surface area contributed by atoms with Crippen molar-refractivity contribution in [1.29, 1.82) is 0 Å². The monoisotopic (exact) mass is 522 g/mol. The zero-order chi connectivity index (χ0) is 25.4. The number of methoxy groups -OCH3 is 1. The van der Waals surface area contributed by atoms with Crippen LogP contribution in [0.3, 0.4) is 0 Å². The summed E-state index contributed by atoms with van der Waals surface area (Å²) >= 11 is 12.8. The molecular formula is C27H24Cl2N4O3. The Kier molecular flexibility index (Phi) is 6.60. The SMILES string of the molecule is COc1ncc(-c2cccc(Cl)c2Cl)c2ncc(C(=O)N[C@H]3CCOc4ccccc43)c(N(C)C)c12. The quantitative estimate of drug-likeness (QED) is 0.350. The van der Waals surface area contributed by atoms with Crippen molar-refractivity contribution in [3.05, 3.63) is 76.0 Å². The number of carbonyl (C=O) groups is 1. The predicted molar refractivity (Wildman–Crippen MR) is 143 cm³/mol. The van der Waals surface area contributed by atoms with Crippen LogP contribution in [0, 0.1) is 0 Å². The average molecular weight is 523 g/mol. The standard InChI is InChI=1S/C27H24Cl2N4O3/c1-33(2)25-18(26(34)32-20-11-12-36-21-10-5-4-7-16(20)21)14-30-24-17(13-31-27(35-3)22(24)25)15-8-6-9-19(28)23(15)29/h4-10,13-14,20H,11-12H2,1-3H3,(H,32,34)/t20-/m0/s1. The minimum Gasteiger partial charge on any atom is -0.493 e. The maximum absolute atomic E-state index is 13.6. The molecule has 0 spiro atoms. The number of nitrogens with zero attached hydrogens (tertiary/aromatic N) is 3. The predicted octanol–water partition coefficient (Wildman–Crippen LogP) is 5.93. The summed E-state index contributed by atoms with van der Waals surface area (Å²) < 4.78 is 11.4. The first-order valence-corrected chi connectivity index (χ1v) is 12.2. The number of pyridine rings is 2. The first kappa shape index (κ1) is 24.2. The summed E-state index contributed by atoms with van der Waals surface area (Å²) in [5.74, 6) is 0.893. The van der Waals surface area contributed by atoms with Crippen molar-refractivity contribution >= 4 is 45.7 Å². The lowest BCUT2D eigenvalue weighted by Gasteiger charge is -2.27. The van der Waals surface area contributed by atoms with Gasteiger partial charge in [0.1, 0.15) is 5.75 Å². The summed E-state index contributed by atoms with van der Waals surface area (Å²) in [4.78, 5) is 24.7. The van der Waals surface area contributed by atoms with Gasteiger partial charge in [-0.05, 0) is 12.1 Å². The summed E-state index contributed by atoms with van der Waals surface area (Å²) in [6.45, 7) is 0.528. The fraction of sp³-hybridized carbons (Fsp3) is 0.222. The van der Waals surface area contributed by atoms with Crippen LogP contribution in [0.15, 0.2) is 54.9 Å². The molecule has 36 heavy (non-hydrogen) atoms. The molecule has 4 aromatic rings. The number of rotatable bonds is 5. The minimum atomic E-state index is -0.247. The van der Waals surface area contributed by atoms with Gasteiger partial charge in [0.15, 0.2) is 0 Å². The fourth-order valence-electron chi connectivity index (χ4n) is 4.58. The molecule has 7 nitrogen and oxygen atoms in total. The van der Waals surface area contributed by atoms with Crippen molar-refractivity contribution in [1.82, 2.24) is 15.3 Å². The van der Waals surface area contributed by atoms with Gasteiger partial charge in [0.05, 0.1) is 52.0 Å². The Bertz CT molecular complexity index is 1480. The van der Waals surface area contributed by atoms with Crippen LogP contribution in [-0.4, -0.2) is 43.7 Å². The number of ether oxygens (including phenoxy) is 2. The molecule has 0 bridgehead atoms. The van der Waals surface area contributed by atoms with Crippen LogP contribution in [0.1, 0.15) is 28.4 Å². The Hall–Kier alpha value is -3.55. The maximum atomic E-state index is 13.6. The number of anilines is 1. The normalized spacial score (nSPS) is 14.6. The topological polar surface area (TPSA) is 76.6 Å². The summed E-state index contributed by atoms with van der Waals surface area (Å²) in [6, 6.07) is 13.0. The van der Waals surface area contributed by atoms with Gasteiger partial charge < -0.3 is 19.7 Å². The zero-order valence-electron chi connectivity index (χ0n) is 20.0. The van der Waals surface area contributed by atoms with Gasteiger partial charge in [0, 0.05) is 49.6 Å². The highest BCUT2D eigenvalue weighted by Gasteiger charge is 2.27. The van der Waals surface area contributed by atoms with Crippen molar-refractivity contribution in [2.75, 3.05) is 32.7 Å². The van der Waals surface area contributed by atoms with E-state index in [-0.39, 0.29) is 11.9 Å². The second-order valence-corrected chi connectivity index (χ2v) is 9.41. The number of para-hydroxylation sites is 1. The Balaban J connectivity index is 1.65. The molecule has 3 heterocycles. The molecule has 0 unspecified atom stereocenters. The van der Waals surface area contributed by atoms with Gasteiger partial charge in [-0.2, -0.15) is 0 Å². The number of amides is 1. The van der Waals surface area contributed by atoms with E-state index in [1.807, 2.05) is 55.4 Å². The van der Waals surface area contributed by atoms with Crippen LogP contribution in [0.4, 0.5) is 5.69 Å². The smallest absolute Gasteiger partial charge is 0.255 e. The number of carbonyl (C=O) groups excluding carboxylic acids is 1. The summed E-state index contributed by atoms with van der Waals surface area (Å²) in [5.41, 5.74) is 3.98. The van der Waals surface area contributed by atoms with E-state index in [0.29, 0.717) is 62.2 Å². The summed E-state index contributed by atoms with van der Waals surface area (Å²) in [5, 5.41) is 4.61. The number of fused-ring (bicyclic) bond motifs is 2. The van der Waals surface area contributed by atoms with Gasteiger partial charge in [-0.1, -0.05) is 53.5 Å². The lowest BCUT2D eigenvalue weighted by Crippen LogP contribution is -2.33. The van der Waals surface area contributed by atoms with E-state index >= 15 is 0 Å². The first-order valence-electron chi connectivity index (χ1n) is 11.4. The number of hydrogen-bond donors (Lipinski definition) is 1. The van der Waals surface area contributed by atoms with Crippen molar-refractivity contribution in [3.63, 3.8) is 0 Å². The van der Waals surface area contributed by atoms with Crippen molar-refractivity contribution in [3.8, 4) is 22.8 Å². The maximum Gasteiger partial charge on any atom is 0.255 e. The molecule has 0 saturated carbocycles. The minimum absolute atomic E-state index is 0.176. The van der Waals surface area contributed by atoms with Crippen LogP contribution in [0.2, 0.25) is 10.0 Å². The molecule has 1 N–H and O–H groups in total. The molecule has 0 fully saturated rings. The van der Waals surface area contributed by atoms with Crippen molar-refractivity contribution < 1.29 is 14.3 Å². The number of nitrogens with one attached hydrogen (secondary N) is 1. The van der Waals surface area contributed by atoms with Crippen molar-refractivity contribution in [2.24, 2.45) is 0 Å². The third-order valence-corrected chi connectivity index (χ3v) is 7.04. The van der Waals surface area contributed by atoms with Crippen LogP contribution >= 0.6 is 23.2 Å². The van der Waals surface area contributed by atoms with E-state index in [1.54, 1.807) is 25.6 Å².